The maximum absolute atomic E-state index is 11.8. The van der Waals surface area contributed by atoms with Gasteiger partial charge >= 0.3 is 5.97 Å². The molecule has 0 unspecified atom stereocenters. The van der Waals surface area contributed by atoms with Gasteiger partial charge in [0.25, 0.3) is 0 Å². The summed E-state index contributed by atoms with van der Waals surface area (Å²) in [7, 11) is 1.37. The Labute approximate surface area is 90.6 Å². The van der Waals surface area contributed by atoms with Gasteiger partial charge < -0.3 is 9.64 Å². The Hall–Kier alpha value is -1.06. The smallest absolute Gasteiger partial charge is 0.328 e. The first-order chi connectivity index (χ1) is 7.06. The van der Waals surface area contributed by atoms with Crippen molar-refractivity contribution in [3.63, 3.8) is 0 Å². The van der Waals surface area contributed by atoms with Crippen molar-refractivity contribution in [2.45, 2.75) is 39.2 Å². The van der Waals surface area contributed by atoms with Crippen molar-refractivity contribution < 1.29 is 14.3 Å². The summed E-state index contributed by atoms with van der Waals surface area (Å²) in [6.07, 6.45) is 2.13. The van der Waals surface area contributed by atoms with Crippen LogP contribution in [0.5, 0.6) is 0 Å². The van der Waals surface area contributed by atoms with Gasteiger partial charge in [0.1, 0.15) is 6.04 Å². The SMILES string of the molecule is COC(=O)[C@@H]1CCCN1C(=O)CC(C)C. The molecule has 4 nitrogen and oxygen atoms in total. The van der Waals surface area contributed by atoms with Crippen LogP contribution in [0.2, 0.25) is 0 Å². The molecule has 0 aliphatic carbocycles. The zero-order valence-electron chi connectivity index (χ0n) is 9.66. The van der Waals surface area contributed by atoms with Crippen LogP contribution in [0.3, 0.4) is 0 Å². The van der Waals surface area contributed by atoms with Gasteiger partial charge in [-0.05, 0) is 18.8 Å². The molecule has 1 fully saturated rings. The second kappa shape index (κ2) is 5.14. The third-order valence-electron chi connectivity index (χ3n) is 2.63. The lowest BCUT2D eigenvalue weighted by atomic mass is 10.1. The molecule has 86 valence electrons. The Kier molecular flexibility index (Phi) is 4.12. The lowest BCUT2D eigenvalue weighted by Gasteiger charge is -2.23. The Morgan fingerprint density at radius 1 is 1.47 bits per heavy atom. The fourth-order valence-corrected chi connectivity index (χ4v) is 1.91. The molecule has 15 heavy (non-hydrogen) atoms. The minimum atomic E-state index is -0.346. The predicted octanol–water partition coefficient (Wildman–Crippen LogP) is 1.20. The normalized spacial score (nSPS) is 20.8. The molecule has 0 aromatic rings. The summed E-state index contributed by atoms with van der Waals surface area (Å²) < 4.78 is 4.69. The van der Waals surface area contributed by atoms with E-state index in [-0.39, 0.29) is 17.9 Å². The van der Waals surface area contributed by atoms with E-state index in [2.05, 4.69) is 4.74 Å². The maximum atomic E-state index is 11.8. The second-order valence-corrected chi connectivity index (χ2v) is 4.37. The molecular weight excluding hydrogens is 194 g/mol. The number of hydrogen-bond acceptors (Lipinski definition) is 3. The second-order valence-electron chi connectivity index (χ2n) is 4.37. The van der Waals surface area contributed by atoms with Gasteiger partial charge in [0.2, 0.25) is 5.91 Å². The van der Waals surface area contributed by atoms with E-state index in [1.165, 1.54) is 7.11 Å². The number of carbonyl (C=O) groups is 2. The summed E-state index contributed by atoms with van der Waals surface area (Å²) in [6.45, 7) is 4.69. The van der Waals surface area contributed by atoms with E-state index < -0.39 is 0 Å². The van der Waals surface area contributed by atoms with Crippen LogP contribution < -0.4 is 0 Å². The van der Waals surface area contributed by atoms with Gasteiger partial charge in [-0.15, -0.1) is 0 Å². The number of carbonyl (C=O) groups excluding carboxylic acids is 2. The van der Waals surface area contributed by atoms with Crippen LogP contribution >= 0.6 is 0 Å². The standard InChI is InChI=1S/C11H19NO3/c1-8(2)7-10(13)12-6-4-5-9(12)11(14)15-3/h8-9H,4-7H2,1-3H3/t9-/m0/s1. The molecule has 0 bridgehead atoms. The van der Waals surface area contributed by atoms with Crippen molar-refractivity contribution in [3.05, 3.63) is 0 Å². The van der Waals surface area contributed by atoms with Crippen LogP contribution in [-0.2, 0) is 14.3 Å². The molecule has 0 aromatic heterocycles. The van der Waals surface area contributed by atoms with Crippen molar-refractivity contribution in [2.75, 3.05) is 13.7 Å². The predicted molar refractivity (Wildman–Crippen MR) is 56.2 cm³/mol. The van der Waals surface area contributed by atoms with Gasteiger partial charge in [0.05, 0.1) is 7.11 Å². The summed E-state index contributed by atoms with van der Waals surface area (Å²) >= 11 is 0. The van der Waals surface area contributed by atoms with Gasteiger partial charge in [0, 0.05) is 13.0 Å². The zero-order chi connectivity index (χ0) is 11.4. The molecule has 1 aliphatic heterocycles. The van der Waals surface area contributed by atoms with E-state index in [9.17, 15) is 9.59 Å². The molecule has 0 saturated carbocycles. The van der Waals surface area contributed by atoms with E-state index >= 15 is 0 Å². The highest BCUT2D eigenvalue weighted by Gasteiger charge is 2.34. The van der Waals surface area contributed by atoms with Crippen molar-refractivity contribution in [3.8, 4) is 0 Å². The minimum absolute atomic E-state index is 0.0675. The van der Waals surface area contributed by atoms with Crippen molar-refractivity contribution in [1.82, 2.24) is 4.90 Å². The topological polar surface area (TPSA) is 46.6 Å². The van der Waals surface area contributed by atoms with Crippen LogP contribution in [0, 0.1) is 5.92 Å². The molecule has 0 N–H and O–H groups in total. The molecule has 1 saturated heterocycles. The Morgan fingerprint density at radius 2 is 2.13 bits per heavy atom. The first-order valence-corrected chi connectivity index (χ1v) is 5.43. The highest BCUT2D eigenvalue weighted by atomic mass is 16.5. The van der Waals surface area contributed by atoms with Crippen LogP contribution in [0.25, 0.3) is 0 Å². The maximum Gasteiger partial charge on any atom is 0.328 e. The fourth-order valence-electron chi connectivity index (χ4n) is 1.91. The quantitative estimate of drug-likeness (QED) is 0.662. The third kappa shape index (κ3) is 2.94. The first-order valence-electron chi connectivity index (χ1n) is 5.43. The Morgan fingerprint density at radius 3 is 2.67 bits per heavy atom. The largest absolute Gasteiger partial charge is 0.467 e. The molecule has 0 spiro atoms. The zero-order valence-corrected chi connectivity index (χ0v) is 9.66. The van der Waals surface area contributed by atoms with Gasteiger partial charge in [-0.2, -0.15) is 0 Å². The fraction of sp³-hybridized carbons (Fsp3) is 0.818. The lowest BCUT2D eigenvalue weighted by Crippen LogP contribution is -2.41. The Balaban J connectivity index is 2.60. The van der Waals surface area contributed by atoms with Crippen LogP contribution in [0.15, 0.2) is 0 Å². The number of esters is 1. The summed E-state index contributed by atoms with van der Waals surface area (Å²) in [5.74, 6) is 0.110. The van der Waals surface area contributed by atoms with Crippen LogP contribution in [0.4, 0.5) is 0 Å². The molecule has 1 amide bonds. The van der Waals surface area contributed by atoms with Gasteiger partial charge in [-0.25, -0.2) is 4.79 Å². The van der Waals surface area contributed by atoms with Gasteiger partial charge in [-0.3, -0.25) is 4.79 Å². The summed E-state index contributed by atoms with van der Waals surface area (Å²) in [4.78, 5) is 24.9. The summed E-state index contributed by atoms with van der Waals surface area (Å²) in [5.41, 5.74) is 0. The highest BCUT2D eigenvalue weighted by Crippen LogP contribution is 2.20. The monoisotopic (exact) mass is 213 g/mol. The number of amides is 1. The van der Waals surface area contributed by atoms with Gasteiger partial charge in [-0.1, -0.05) is 13.8 Å². The van der Waals surface area contributed by atoms with E-state index in [4.69, 9.17) is 0 Å². The van der Waals surface area contributed by atoms with E-state index in [0.717, 1.165) is 12.8 Å². The number of methoxy groups -OCH3 is 1. The van der Waals surface area contributed by atoms with E-state index in [0.29, 0.717) is 18.9 Å². The third-order valence-corrected chi connectivity index (χ3v) is 2.63. The number of hydrogen-bond donors (Lipinski definition) is 0. The van der Waals surface area contributed by atoms with E-state index in [1.54, 1.807) is 4.90 Å². The van der Waals surface area contributed by atoms with E-state index in [1.807, 2.05) is 13.8 Å². The van der Waals surface area contributed by atoms with Crippen molar-refractivity contribution in [2.24, 2.45) is 5.92 Å². The molecule has 0 aromatic carbocycles. The molecule has 1 rings (SSSR count). The van der Waals surface area contributed by atoms with Crippen LogP contribution in [0.1, 0.15) is 33.1 Å². The molecule has 4 heteroatoms. The number of rotatable bonds is 3. The van der Waals surface area contributed by atoms with Crippen molar-refractivity contribution in [1.29, 1.82) is 0 Å². The number of likely N-dealkylation sites (tertiary alicyclic amines) is 1. The summed E-state index contributed by atoms with van der Waals surface area (Å²) in [5, 5.41) is 0. The first kappa shape index (κ1) is 12.0. The molecule has 0 radical (unpaired) electrons. The molecule has 1 heterocycles. The molecule has 1 atom stereocenters. The highest BCUT2D eigenvalue weighted by molar-refractivity contribution is 5.85. The van der Waals surface area contributed by atoms with Crippen LogP contribution in [-0.4, -0.2) is 36.5 Å². The average Bonchev–Trinajstić information content (AvgIpc) is 2.63. The average molecular weight is 213 g/mol. The number of nitrogens with zero attached hydrogens (tertiary/aromatic N) is 1. The Bertz CT molecular complexity index is 250. The number of ether oxygens (including phenoxy) is 1. The minimum Gasteiger partial charge on any atom is -0.467 e. The molecule has 1 aliphatic rings. The summed E-state index contributed by atoms with van der Waals surface area (Å²) in [6, 6.07) is -0.346. The van der Waals surface area contributed by atoms with Gasteiger partial charge in [0.15, 0.2) is 0 Å². The molecular formula is C11H19NO3. The lowest BCUT2D eigenvalue weighted by molar-refractivity contribution is -0.151. The van der Waals surface area contributed by atoms with Crippen molar-refractivity contribution >= 4 is 11.9 Å².